The second kappa shape index (κ2) is 6.94. The van der Waals surface area contributed by atoms with Crippen LogP contribution in [-0.4, -0.2) is 33.7 Å². The number of rotatable bonds is 4. The number of carbonyl (C=O) groups is 1. The van der Waals surface area contributed by atoms with Gasteiger partial charge in [0.25, 0.3) is 5.91 Å². The van der Waals surface area contributed by atoms with E-state index in [0.29, 0.717) is 11.6 Å². The van der Waals surface area contributed by atoms with Crippen LogP contribution in [0.25, 0.3) is 0 Å². The molecule has 2 heterocycles. The molecular formula is C18H22FN3O. The molecule has 2 aromatic rings. The molecule has 1 aromatic heterocycles. The molecule has 4 nitrogen and oxygen atoms in total. The van der Waals surface area contributed by atoms with Crippen LogP contribution in [0.5, 0.6) is 0 Å². The smallest absolute Gasteiger partial charge is 0.272 e. The van der Waals surface area contributed by atoms with Gasteiger partial charge in [0.05, 0.1) is 0 Å². The van der Waals surface area contributed by atoms with Crippen LogP contribution in [-0.2, 0) is 13.5 Å². The van der Waals surface area contributed by atoms with E-state index >= 15 is 0 Å². The number of benzene rings is 1. The molecule has 0 aliphatic carbocycles. The fourth-order valence-corrected chi connectivity index (χ4v) is 3.25. The number of halogens is 1. The second-order valence-electron chi connectivity index (χ2n) is 6.26. The number of hydrogen-bond donors (Lipinski definition) is 0. The van der Waals surface area contributed by atoms with Gasteiger partial charge in [-0.2, -0.15) is 5.10 Å². The van der Waals surface area contributed by atoms with E-state index in [9.17, 15) is 9.18 Å². The molecule has 1 aliphatic heterocycles. The van der Waals surface area contributed by atoms with E-state index in [1.807, 2.05) is 17.0 Å². The predicted octanol–water partition coefficient (Wildman–Crippen LogP) is 3.04. The standard InChI is InChI=1S/C18H22FN3O/c1-21-17(10-11-20-21)18(23)22-12-2-3-15(13-22)5-4-14-6-8-16(19)9-7-14/h6-11,15H,2-5,12-13H2,1H3/t15-/m1/s1. The summed E-state index contributed by atoms with van der Waals surface area (Å²) in [6.45, 7) is 1.61. The number of carbonyl (C=O) groups excluding carboxylic acids is 1. The van der Waals surface area contributed by atoms with E-state index in [4.69, 9.17) is 0 Å². The van der Waals surface area contributed by atoms with Crippen LogP contribution in [0, 0.1) is 11.7 Å². The van der Waals surface area contributed by atoms with Gasteiger partial charge in [0.15, 0.2) is 0 Å². The molecule has 5 heteroatoms. The van der Waals surface area contributed by atoms with Crippen LogP contribution in [0.2, 0.25) is 0 Å². The summed E-state index contributed by atoms with van der Waals surface area (Å²) in [5.41, 5.74) is 1.80. The third-order valence-corrected chi connectivity index (χ3v) is 4.60. The van der Waals surface area contributed by atoms with Crippen molar-refractivity contribution in [3.8, 4) is 0 Å². The number of amides is 1. The zero-order chi connectivity index (χ0) is 16.2. The third-order valence-electron chi connectivity index (χ3n) is 4.60. The molecule has 122 valence electrons. The van der Waals surface area contributed by atoms with Gasteiger partial charge in [-0.3, -0.25) is 9.48 Å². The topological polar surface area (TPSA) is 38.1 Å². The highest BCUT2D eigenvalue weighted by molar-refractivity contribution is 5.92. The van der Waals surface area contributed by atoms with Crippen LogP contribution in [0.3, 0.4) is 0 Å². The Labute approximate surface area is 135 Å². The first-order valence-electron chi connectivity index (χ1n) is 8.15. The zero-order valence-corrected chi connectivity index (χ0v) is 13.4. The molecule has 0 radical (unpaired) electrons. The lowest BCUT2D eigenvalue weighted by Gasteiger charge is -2.32. The first-order chi connectivity index (χ1) is 11.1. The Balaban J connectivity index is 1.57. The van der Waals surface area contributed by atoms with Gasteiger partial charge in [0.1, 0.15) is 11.5 Å². The van der Waals surface area contributed by atoms with Crippen LogP contribution in [0.4, 0.5) is 4.39 Å². The van der Waals surface area contributed by atoms with E-state index in [1.165, 1.54) is 12.1 Å². The Bertz CT molecular complexity index is 665. The molecule has 1 fully saturated rings. The summed E-state index contributed by atoms with van der Waals surface area (Å²) >= 11 is 0. The second-order valence-corrected chi connectivity index (χ2v) is 6.26. The maximum absolute atomic E-state index is 12.9. The number of aryl methyl sites for hydroxylation is 2. The molecule has 1 saturated heterocycles. The fourth-order valence-electron chi connectivity index (χ4n) is 3.25. The maximum Gasteiger partial charge on any atom is 0.272 e. The highest BCUT2D eigenvalue weighted by Gasteiger charge is 2.25. The van der Waals surface area contributed by atoms with Gasteiger partial charge in [-0.1, -0.05) is 12.1 Å². The number of likely N-dealkylation sites (tertiary alicyclic amines) is 1. The number of aromatic nitrogens is 2. The predicted molar refractivity (Wildman–Crippen MR) is 86.6 cm³/mol. The minimum atomic E-state index is -0.195. The van der Waals surface area contributed by atoms with Gasteiger partial charge >= 0.3 is 0 Å². The molecule has 1 aliphatic rings. The van der Waals surface area contributed by atoms with Crippen molar-refractivity contribution in [1.29, 1.82) is 0 Å². The largest absolute Gasteiger partial charge is 0.337 e. The molecule has 0 saturated carbocycles. The number of piperidine rings is 1. The van der Waals surface area contributed by atoms with Crippen LogP contribution in [0.1, 0.15) is 35.3 Å². The molecule has 3 rings (SSSR count). The molecular weight excluding hydrogens is 293 g/mol. The van der Waals surface area contributed by atoms with Crippen LogP contribution in [0.15, 0.2) is 36.5 Å². The Morgan fingerprint density at radius 3 is 2.78 bits per heavy atom. The van der Waals surface area contributed by atoms with Crippen molar-refractivity contribution in [1.82, 2.24) is 14.7 Å². The van der Waals surface area contributed by atoms with E-state index in [0.717, 1.165) is 44.3 Å². The van der Waals surface area contributed by atoms with Crippen molar-refractivity contribution < 1.29 is 9.18 Å². The minimum absolute atomic E-state index is 0.0662. The first kappa shape index (κ1) is 15.7. The lowest BCUT2D eigenvalue weighted by molar-refractivity contribution is 0.0657. The summed E-state index contributed by atoms with van der Waals surface area (Å²) in [7, 11) is 1.79. The molecule has 1 aromatic carbocycles. The fraction of sp³-hybridized carbons (Fsp3) is 0.444. The molecule has 1 amide bonds. The van der Waals surface area contributed by atoms with Crippen molar-refractivity contribution in [2.24, 2.45) is 13.0 Å². The molecule has 1 atom stereocenters. The van der Waals surface area contributed by atoms with E-state index in [2.05, 4.69) is 5.10 Å². The highest BCUT2D eigenvalue weighted by Crippen LogP contribution is 2.23. The molecule has 0 spiro atoms. The van der Waals surface area contributed by atoms with E-state index < -0.39 is 0 Å². The molecule has 23 heavy (non-hydrogen) atoms. The SMILES string of the molecule is Cn1nccc1C(=O)N1CCC[C@H](CCc2ccc(F)cc2)C1. The minimum Gasteiger partial charge on any atom is -0.337 e. The van der Waals surface area contributed by atoms with Crippen LogP contribution < -0.4 is 0 Å². The van der Waals surface area contributed by atoms with Gasteiger partial charge in [0, 0.05) is 26.3 Å². The van der Waals surface area contributed by atoms with Crippen molar-refractivity contribution in [2.45, 2.75) is 25.7 Å². The quantitative estimate of drug-likeness (QED) is 0.870. The first-order valence-corrected chi connectivity index (χ1v) is 8.15. The summed E-state index contributed by atoms with van der Waals surface area (Å²) in [6.07, 6.45) is 5.80. The third kappa shape index (κ3) is 3.78. The maximum atomic E-state index is 12.9. The lowest BCUT2D eigenvalue weighted by atomic mass is 9.91. The number of hydrogen-bond acceptors (Lipinski definition) is 2. The molecule has 0 N–H and O–H groups in total. The zero-order valence-electron chi connectivity index (χ0n) is 13.4. The highest BCUT2D eigenvalue weighted by atomic mass is 19.1. The van der Waals surface area contributed by atoms with Gasteiger partial charge in [-0.25, -0.2) is 4.39 Å². The average Bonchev–Trinajstić information content (AvgIpc) is 3.00. The lowest BCUT2D eigenvalue weighted by Crippen LogP contribution is -2.40. The monoisotopic (exact) mass is 315 g/mol. The average molecular weight is 315 g/mol. The Kier molecular flexibility index (Phi) is 4.74. The van der Waals surface area contributed by atoms with Gasteiger partial charge in [0.2, 0.25) is 0 Å². The van der Waals surface area contributed by atoms with Crippen LogP contribution >= 0.6 is 0 Å². The van der Waals surface area contributed by atoms with Gasteiger partial charge < -0.3 is 4.90 Å². The normalized spacial score (nSPS) is 18.2. The Hall–Kier alpha value is -2.17. The Morgan fingerprint density at radius 2 is 2.09 bits per heavy atom. The summed E-state index contributed by atoms with van der Waals surface area (Å²) in [5.74, 6) is 0.377. The van der Waals surface area contributed by atoms with E-state index in [-0.39, 0.29) is 11.7 Å². The van der Waals surface area contributed by atoms with E-state index in [1.54, 1.807) is 24.0 Å². The molecule has 0 bridgehead atoms. The van der Waals surface area contributed by atoms with Crippen molar-refractivity contribution in [2.75, 3.05) is 13.1 Å². The van der Waals surface area contributed by atoms with Gasteiger partial charge in [-0.05, 0) is 55.4 Å². The summed E-state index contributed by atoms with van der Waals surface area (Å²) in [5, 5.41) is 4.07. The Morgan fingerprint density at radius 1 is 1.30 bits per heavy atom. The van der Waals surface area contributed by atoms with Gasteiger partial charge in [-0.15, -0.1) is 0 Å². The number of nitrogens with zero attached hydrogens (tertiary/aromatic N) is 3. The summed E-state index contributed by atoms with van der Waals surface area (Å²) in [6, 6.07) is 8.47. The summed E-state index contributed by atoms with van der Waals surface area (Å²) in [4.78, 5) is 14.5. The molecule has 0 unspecified atom stereocenters. The van der Waals surface area contributed by atoms with Crippen molar-refractivity contribution >= 4 is 5.91 Å². The van der Waals surface area contributed by atoms with Crippen molar-refractivity contribution in [3.63, 3.8) is 0 Å². The summed E-state index contributed by atoms with van der Waals surface area (Å²) < 4.78 is 14.6. The van der Waals surface area contributed by atoms with Crippen molar-refractivity contribution in [3.05, 3.63) is 53.6 Å².